The van der Waals surface area contributed by atoms with Crippen LogP contribution in [0.1, 0.15) is 50.3 Å². The summed E-state index contributed by atoms with van der Waals surface area (Å²) in [5.41, 5.74) is 3.21. The molecule has 3 aromatic carbocycles. The first-order valence-electron chi connectivity index (χ1n) is 14.5. The Morgan fingerprint density at radius 2 is 1.60 bits per heavy atom. The van der Waals surface area contributed by atoms with Gasteiger partial charge in [0.2, 0.25) is 21.8 Å². The minimum Gasteiger partial charge on any atom is -0.354 e. The van der Waals surface area contributed by atoms with Gasteiger partial charge in [-0.2, -0.15) is 0 Å². The van der Waals surface area contributed by atoms with Crippen LogP contribution in [0.25, 0.3) is 0 Å². The van der Waals surface area contributed by atoms with E-state index in [0.717, 1.165) is 23.8 Å². The van der Waals surface area contributed by atoms with Crippen LogP contribution in [0.4, 0.5) is 5.69 Å². The standard InChI is InChI=1S/C33H41Cl2N3O4S/c1-5-25-13-17-29(18-14-25)38(43(4,41)42)19-9-12-32(39)37(23-27-15-16-28(34)21-30(27)35)31(33(40)36-22-24(2)3)20-26-10-7-6-8-11-26/h6-8,10-11,13-18,21,24,31H,5,9,12,19-20,22-23H2,1-4H3,(H,36,40)/t31-/m0/s1. The number of aryl methyl sites for hydroxylation is 1. The molecule has 43 heavy (non-hydrogen) atoms. The Balaban J connectivity index is 1.90. The molecule has 3 rings (SSSR count). The molecule has 1 atom stereocenters. The lowest BCUT2D eigenvalue weighted by Crippen LogP contribution is -2.51. The average Bonchev–Trinajstić information content (AvgIpc) is 2.96. The zero-order chi connectivity index (χ0) is 31.6. The summed E-state index contributed by atoms with van der Waals surface area (Å²) < 4.78 is 26.7. The predicted octanol–water partition coefficient (Wildman–Crippen LogP) is 6.51. The van der Waals surface area contributed by atoms with Gasteiger partial charge in [0.15, 0.2) is 0 Å². The molecule has 0 unspecified atom stereocenters. The van der Waals surface area contributed by atoms with Crippen LogP contribution in [-0.2, 0) is 39.0 Å². The summed E-state index contributed by atoms with van der Waals surface area (Å²) in [6.07, 6.45) is 2.61. The van der Waals surface area contributed by atoms with E-state index >= 15 is 0 Å². The quantitative estimate of drug-likeness (QED) is 0.204. The van der Waals surface area contributed by atoms with Crippen LogP contribution in [0.3, 0.4) is 0 Å². The summed E-state index contributed by atoms with van der Waals surface area (Å²) in [5, 5.41) is 3.86. The minimum atomic E-state index is -3.59. The van der Waals surface area contributed by atoms with Gasteiger partial charge in [0.05, 0.1) is 11.9 Å². The molecule has 0 aromatic heterocycles. The zero-order valence-electron chi connectivity index (χ0n) is 25.2. The largest absolute Gasteiger partial charge is 0.354 e. The second-order valence-electron chi connectivity index (χ2n) is 11.1. The van der Waals surface area contributed by atoms with Crippen LogP contribution in [-0.4, -0.2) is 50.5 Å². The normalized spacial score (nSPS) is 12.2. The number of sulfonamides is 1. The van der Waals surface area contributed by atoms with E-state index in [9.17, 15) is 18.0 Å². The van der Waals surface area contributed by atoms with Crippen molar-refractivity contribution in [3.8, 4) is 0 Å². The summed E-state index contributed by atoms with van der Waals surface area (Å²) in [7, 11) is -3.59. The maximum atomic E-state index is 14.0. The molecule has 0 spiro atoms. The highest BCUT2D eigenvalue weighted by Crippen LogP contribution is 2.25. The molecule has 0 aliphatic carbocycles. The fraction of sp³-hybridized carbons (Fsp3) is 0.394. The van der Waals surface area contributed by atoms with Gasteiger partial charge in [-0.1, -0.05) is 92.5 Å². The van der Waals surface area contributed by atoms with E-state index in [1.54, 1.807) is 35.2 Å². The highest BCUT2D eigenvalue weighted by Gasteiger charge is 2.31. The highest BCUT2D eigenvalue weighted by molar-refractivity contribution is 7.92. The molecule has 0 aliphatic rings. The number of hydrogen-bond acceptors (Lipinski definition) is 4. The van der Waals surface area contributed by atoms with Gasteiger partial charge in [-0.05, 0) is 59.7 Å². The molecule has 0 aliphatic heterocycles. The number of benzene rings is 3. The molecule has 7 nitrogen and oxygen atoms in total. The molecule has 3 aromatic rings. The van der Waals surface area contributed by atoms with Gasteiger partial charge in [0, 0.05) is 42.5 Å². The number of amides is 2. The Morgan fingerprint density at radius 3 is 2.19 bits per heavy atom. The number of nitrogens with zero attached hydrogens (tertiary/aromatic N) is 2. The van der Waals surface area contributed by atoms with Gasteiger partial charge in [-0.25, -0.2) is 8.42 Å². The topological polar surface area (TPSA) is 86.8 Å². The van der Waals surface area contributed by atoms with E-state index in [0.29, 0.717) is 34.3 Å². The molecule has 0 fully saturated rings. The number of carbonyl (C=O) groups is 2. The first-order valence-corrected chi connectivity index (χ1v) is 17.1. The maximum Gasteiger partial charge on any atom is 0.243 e. The Labute approximate surface area is 266 Å². The summed E-state index contributed by atoms with van der Waals surface area (Å²) in [4.78, 5) is 29.1. The molecule has 0 bridgehead atoms. The van der Waals surface area contributed by atoms with Gasteiger partial charge in [0.25, 0.3) is 0 Å². The van der Waals surface area contributed by atoms with E-state index in [2.05, 4.69) is 5.32 Å². The predicted molar refractivity (Wildman–Crippen MR) is 176 cm³/mol. The van der Waals surface area contributed by atoms with Crippen molar-refractivity contribution in [1.82, 2.24) is 10.2 Å². The van der Waals surface area contributed by atoms with E-state index < -0.39 is 16.1 Å². The molecule has 0 saturated carbocycles. The van der Waals surface area contributed by atoms with Gasteiger partial charge in [0.1, 0.15) is 6.04 Å². The smallest absolute Gasteiger partial charge is 0.243 e. The second-order valence-corrected chi connectivity index (χ2v) is 13.8. The first-order chi connectivity index (χ1) is 20.4. The average molecular weight is 647 g/mol. The molecule has 1 N–H and O–H groups in total. The molecule has 2 amide bonds. The van der Waals surface area contributed by atoms with Crippen molar-refractivity contribution in [2.24, 2.45) is 5.92 Å². The molecule has 0 saturated heterocycles. The van der Waals surface area contributed by atoms with E-state index in [4.69, 9.17) is 23.2 Å². The van der Waals surface area contributed by atoms with Crippen molar-refractivity contribution in [3.05, 3.63) is 99.5 Å². The van der Waals surface area contributed by atoms with Gasteiger partial charge in [-0.3, -0.25) is 13.9 Å². The number of hydrogen-bond donors (Lipinski definition) is 1. The van der Waals surface area contributed by atoms with E-state index in [1.807, 2.05) is 63.2 Å². The molecule has 0 heterocycles. The van der Waals surface area contributed by atoms with Crippen molar-refractivity contribution in [3.63, 3.8) is 0 Å². The van der Waals surface area contributed by atoms with Crippen molar-refractivity contribution in [1.29, 1.82) is 0 Å². The third-order valence-corrected chi connectivity index (χ3v) is 8.88. The van der Waals surface area contributed by atoms with Crippen LogP contribution < -0.4 is 9.62 Å². The fourth-order valence-electron chi connectivity index (χ4n) is 4.71. The fourth-order valence-corrected chi connectivity index (χ4v) is 6.15. The number of carbonyl (C=O) groups excluding carboxylic acids is 2. The Hall–Kier alpha value is -3.07. The van der Waals surface area contributed by atoms with Crippen molar-refractivity contribution < 1.29 is 18.0 Å². The lowest BCUT2D eigenvalue weighted by Gasteiger charge is -2.32. The van der Waals surface area contributed by atoms with Gasteiger partial charge in [-0.15, -0.1) is 0 Å². The summed E-state index contributed by atoms with van der Waals surface area (Å²) in [6, 6.07) is 21.2. The third kappa shape index (κ3) is 10.6. The summed E-state index contributed by atoms with van der Waals surface area (Å²) >= 11 is 12.6. The third-order valence-electron chi connectivity index (χ3n) is 7.10. The van der Waals surface area contributed by atoms with Crippen LogP contribution in [0.15, 0.2) is 72.8 Å². The Kier molecular flexibility index (Phi) is 12.9. The monoisotopic (exact) mass is 645 g/mol. The highest BCUT2D eigenvalue weighted by atomic mass is 35.5. The Bertz CT molecular complexity index is 1470. The van der Waals surface area contributed by atoms with Crippen LogP contribution in [0, 0.1) is 5.92 Å². The summed E-state index contributed by atoms with van der Waals surface area (Å²) in [6.45, 7) is 6.72. The van der Waals surface area contributed by atoms with Crippen molar-refractivity contribution in [2.45, 2.75) is 59.0 Å². The zero-order valence-corrected chi connectivity index (χ0v) is 27.6. The van der Waals surface area contributed by atoms with Crippen molar-refractivity contribution >= 4 is 50.7 Å². The van der Waals surface area contributed by atoms with E-state index in [1.165, 1.54) is 4.31 Å². The second kappa shape index (κ2) is 16.1. The molecule has 232 valence electrons. The first kappa shape index (κ1) is 34.4. The van der Waals surface area contributed by atoms with Gasteiger partial charge < -0.3 is 10.2 Å². The minimum absolute atomic E-state index is 0.0347. The molecular formula is C33H41Cl2N3O4S. The van der Waals surface area contributed by atoms with Crippen LogP contribution in [0.5, 0.6) is 0 Å². The lowest BCUT2D eigenvalue weighted by atomic mass is 10.0. The van der Waals surface area contributed by atoms with E-state index in [-0.39, 0.29) is 43.7 Å². The summed E-state index contributed by atoms with van der Waals surface area (Å²) in [5.74, 6) is -0.309. The number of nitrogens with one attached hydrogen (secondary N) is 1. The molecule has 10 heteroatoms. The van der Waals surface area contributed by atoms with Crippen LogP contribution in [0.2, 0.25) is 10.0 Å². The number of halogens is 2. The SMILES string of the molecule is CCc1ccc(N(CCCC(=O)N(Cc2ccc(Cl)cc2Cl)[C@@H](Cc2ccccc2)C(=O)NCC(C)C)S(C)(=O)=O)cc1. The number of anilines is 1. The maximum absolute atomic E-state index is 14.0. The van der Waals surface area contributed by atoms with Gasteiger partial charge >= 0.3 is 0 Å². The lowest BCUT2D eigenvalue weighted by molar-refractivity contribution is -0.141. The van der Waals surface area contributed by atoms with Crippen LogP contribution >= 0.6 is 23.2 Å². The van der Waals surface area contributed by atoms with Crippen molar-refractivity contribution in [2.75, 3.05) is 23.7 Å². The molecule has 0 radical (unpaired) electrons. The Morgan fingerprint density at radius 1 is 0.930 bits per heavy atom. The molecular weight excluding hydrogens is 605 g/mol. The number of rotatable bonds is 15.